The van der Waals surface area contributed by atoms with E-state index in [4.69, 9.17) is 9.84 Å². The molecule has 0 heterocycles. The van der Waals surface area contributed by atoms with Crippen molar-refractivity contribution in [2.75, 3.05) is 6.61 Å². The summed E-state index contributed by atoms with van der Waals surface area (Å²) >= 11 is 3.35. The molecule has 21 heavy (non-hydrogen) atoms. The Hall–Kier alpha value is -1.56. The van der Waals surface area contributed by atoms with Gasteiger partial charge in [-0.25, -0.2) is 4.79 Å². The molecule has 0 saturated heterocycles. The van der Waals surface area contributed by atoms with Crippen LogP contribution in [0.4, 0.5) is 0 Å². The maximum absolute atomic E-state index is 11.6. The van der Waals surface area contributed by atoms with Gasteiger partial charge in [-0.15, -0.1) is 0 Å². The molecule has 116 valence electrons. The molecule has 2 N–H and O–H groups in total. The molecular weight excluding hydrogens is 338 g/mol. The number of hydrogen-bond donors (Lipinski definition) is 2. The number of nitrogens with one attached hydrogen (secondary N) is 1. The minimum atomic E-state index is -0.996. The highest BCUT2D eigenvalue weighted by Gasteiger charge is 2.16. The van der Waals surface area contributed by atoms with Crippen LogP contribution in [0.2, 0.25) is 0 Å². The second-order valence-electron chi connectivity index (χ2n) is 4.63. The maximum Gasteiger partial charge on any atom is 0.326 e. The summed E-state index contributed by atoms with van der Waals surface area (Å²) in [5, 5.41) is 11.3. The van der Waals surface area contributed by atoms with Gasteiger partial charge < -0.3 is 15.2 Å². The number of rotatable bonds is 9. The normalized spacial score (nSPS) is 11.7. The number of carbonyl (C=O) groups is 2. The van der Waals surface area contributed by atoms with Crippen LogP contribution in [-0.2, 0) is 9.59 Å². The SMILES string of the molecule is CCC(NC(=O)CCCCOc1ccc(Br)cc1)C(=O)O. The van der Waals surface area contributed by atoms with Crippen molar-refractivity contribution in [1.29, 1.82) is 0 Å². The number of carboxylic acids is 1. The monoisotopic (exact) mass is 357 g/mol. The lowest BCUT2D eigenvalue weighted by atomic mass is 10.2. The van der Waals surface area contributed by atoms with E-state index >= 15 is 0 Å². The standard InChI is InChI=1S/C15H20BrNO4/c1-2-13(15(19)20)17-14(18)5-3-4-10-21-12-8-6-11(16)7-9-12/h6-9,13H,2-5,10H2,1H3,(H,17,18)(H,19,20). The van der Waals surface area contributed by atoms with Gasteiger partial charge in [0.25, 0.3) is 0 Å². The smallest absolute Gasteiger partial charge is 0.326 e. The van der Waals surface area contributed by atoms with E-state index in [1.165, 1.54) is 0 Å². The van der Waals surface area contributed by atoms with E-state index in [1.54, 1.807) is 6.92 Å². The lowest BCUT2D eigenvalue weighted by Gasteiger charge is -2.12. The molecule has 1 aromatic rings. The fourth-order valence-electron chi connectivity index (χ4n) is 1.71. The van der Waals surface area contributed by atoms with Crippen LogP contribution >= 0.6 is 15.9 Å². The van der Waals surface area contributed by atoms with Gasteiger partial charge in [0.15, 0.2) is 0 Å². The fourth-order valence-corrected chi connectivity index (χ4v) is 1.98. The number of carboxylic acid groups (broad SMARTS) is 1. The summed E-state index contributed by atoms with van der Waals surface area (Å²) in [5.41, 5.74) is 0. The van der Waals surface area contributed by atoms with Crippen LogP contribution in [0, 0.1) is 0 Å². The molecule has 1 atom stereocenters. The number of halogens is 1. The Kier molecular flexibility index (Phi) is 7.82. The van der Waals surface area contributed by atoms with Crippen LogP contribution < -0.4 is 10.1 Å². The zero-order valence-corrected chi connectivity index (χ0v) is 13.6. The van der Waals surface area contributed by atoms with E-state index in [1.807, 2.05) is 24.3 Å². The van der Waals surface area contributed by atoms with Gasteiger partial charge in [-0.1, -0.05) is 22.9 Å². The van der Waals surface area contributed by atoms with E-state index in [0.29, 0.717) is 25.9 Å². The van der Waals surface area contributed by atoms with Crippen LogP contribution in [0.15, 0.2) is 28.7 Å². The van der Waals surface area contributed by atoms with E-state index in [0.717, 1.165) is 16.6 Å². The average Bonchev–Trinajstić information content (AvgIpc) is 2.46. The van der Waals surface area contributed by atoms with Crippen molar-refractivity contribution in [3.63, 3.8) is 0 Å². The van der Waals surface area contributed by atoms with Gasteiger partial charge in [-0.2, -0.15) is 0 Å². The van der Waals surface area contributed by atoms with E-state index in [9.17, 15) is 9.59 Å². The Morgan fingerprint density at radius 1 is 1.29 bits per heavy atom. The van der Waals surface area contributed by atoms with Gasteiger partial charge in [-0.3, -0.25) is 4.79 Å². The van der Waals surface area contributed by atoms with Crippen molar-refractivity contribution in [2.24, 2.45) is 0 Å². The largest absolute Gasteiger partial charge is 0.494 e. The lowest BCUT2D eigenvalue weighted by molar-refractivity contribution is -0.141. The van der Waals surface area contributed by atoms with Gasteiger partial charge in [-0.05, 0) is 43.5 Å². The zero-order chi connectivity index (χ0) is 15.7. The highest BCUT2D eigenvalue weighted by molar-refractivity contribution is 9.10. The third kappa shape index (κ3) is 7.13. The number of unbranched alkanes of at least 4 members (excludes halogenated alkanes) is 1. The molecule has 1 amide bonds. The van der Waals surface area contributed by atoms with Crippen LogP contribution in [0.1, 0.15) is 32.6 Å². The van der Waals surface area contributed by atoms with Crippen molar-refractivity contribution >= 4 is 27.8 Å². The molecule has 0 fully saturated rings. The molecular formula is C15H20BrNO4. The first kappa shape index (κ1) is 17.5. The fraction of sp³-hybridized carbons (Fsp3) is 0.467. The van der Waals surface area contributed by atoms with Crippen molar-refractivity contribution in [3.05, 3.63) is 28.7 Å². The minimum Gasteiger partial charge on any atom is -0.494 e. The Bertz CT molecular complexity index is 461. The first-order chi connectivity index (χ1) is 10.0. The van der Waals surface area contributed by atoms with Crippen LogP contribution in [0.5, 0.6) is 5.75 Å². The molecule has 0 aliphatic heterocycles. The molecule has 0 radical (unpaired) electrons. The van der Waals surface area contributed by atoms with Crippen molar-refractivity contribution in [1.82, 2.24) is 5.32 Å². The molecule has 0 bridgehead atoms. The molecule has 0 aliphatic rings. The number of carbonyl (C=O) groups excluding carboxylic acids is 1. The predicted molar refractivity (Wildman–Crippen MR) is 83.3 cm³/mol. The zero-order valence-electron chi connectivity index (χ0n) is 12.0. The third-order valence-electron chi connectivity index (χ3n) is 2.92. The number of benzene rings is 1. The Balaban J connectivity index is 2.14. The van der Waals surface area contributed by atoms with Gasteiger partial charge in [0.05, 0.1) is 6.61 Å². The van der Waals surface area contributed by atoms with Crippen molar-refractivity contribution in [3.8, 4) is 5.75 Å². The second-order valence-corrected chi connectivity index (χ2v) is 5.54. The molecule has 1 unspecified atom stereocenters. The summed E-state index contributed by atoms with van der Waals surface area (Å²) in [6.07, 6.45) is 2.10. The summed E-state index contributed by atoms with van der Waals surface area (Å²) in [5.74, 6) is -0.433. The Morgan fingerprint density at radius 3 is 2.52 bits per heavy atom. The molecule has 5 nitrogen and oxygen atoms in total. The van der Waals surface area contributed by atoms with Crippen LogP contribution in [-0.4, -0.2) is 29.6 Å². The van der Waals surface area contributed by atoms with E-state index in [2.05, 4.69) is 21.2 Å². The van der Waals surface area contributed by atoms with Gasteiger partial charge in [0, 0.05) is 10.9 Å². The molecule has 0 aromatic heterocycles. The predicted octanol–water partition coefficient (Wildman–Crippen LogP) is 2.98. The minimum absolute atomic E-state index is 0.229. The first-order valence-electron chi connectivity index (χ1n) is 6.93. The number of aliphatic carboxylic acids is 1. The molecule has 1 rings (SSSR count). The molecule has 0 spiro atoms. The second kappa shape index (κ2) is 9.39. The van der Waals surface area contributed by atoms with Gasteiger partial charge in [0.1, 0.15) is 11.8 Å². The lowest BCUT2D eigenvalue weighted by Crippen LogP contribution is -2.40. The van der Waals surface area contributed by atoms with Gasteiger partial charge in [0.2, 0.25) is 5.91 Å². The number of ether oxygens (including phenoxy) is 1. The summed E-state index contributed by atoms with van der Waals surface area (Å²) < 4.78 is 6.53. The quantitative estimate of drug-likeness (QED) is 0.666. The number of hydrogen-bond acceptors (Lipinski definition) is 3. The van der Waals surface area contributed by atoms with Gasteiger partial charge >= 0.3 is 5.97 Å². The highest BCUT2D eigenvalue weighted by atomic mass is 79.9. The molecule has 6 heteroatoms. The van der Waals surface area contributed by atoms with Crippen molar-refractivity contribution in [2.45, 2.75) is 38.6 Å². The maximum atomic E-state index is 11.6. The Labute approximate surface area is 132 Å². The Morgan fingerprint density at radius 2 is 1.95 bits per heavy atom. The molecule has 1 aromatic carbocycles. The highest BCUT2D eigenvalue weighted by Crippen LogP contribution is 2.16. The van der Waals surface area contributed by atoms with Crippen LogP contribution in [0.3, 0.4) is 0 Å². The summed E-state index contributed by atoms with van der Waals surface area (Å²) in [6.45, 7) is 2.26. The molecule has 0 aliphatic carbocycles. The average molecular weight is 358 g/mol. The number of amides is 1. The first-order valence-corrected chi connectivity index (χ1v) is 7.72. The summed E-state index contributed by atoms with van der Waals surface area (Å²) in [4.78, 5) is 22.4. The summed E-state index contributed by atoms with van der Waals surface area (Å²) in [7, 11) is 0. The third-order valence-corrected chi connectivity index (χ3v) is 3.45. The topological polar surface area (TPSA) is 75.6 Å². The van der Waals surface area contributed by atoms with Crippen LogP contribution in [0.25, 0.3) is 0 Å². The van der Waals surface area contributed by atoms with Crippen molar-refractivity contribution < 1.29 is 19.4 Å². The van der Waals surface area contributed by atoms with E-state index in [-0.39, 0.29) is 5.91 Å². The van der Waals surface area contributed by atoms with E-state index < -0.39 is 12.0 Å². The molecule has 0 saturated carbocycles. The summed E-state index contributed by atoms with van der Waals surface area (Å²) in [6, 6.07) is 6.75.